The van der Waals surface area contributed by atoms with E-state index in [2.05, 4.69) is 0 Å². The van der Waals surface area contributed by atoms with Crippen LogP contribution in [0.25, 0.3) is 5.76 Å². The molecule has 0 spiro atoms. The predicted molar refractivity (Wildman–Crippen MR) is 113 cm³/mol. The first-order valence-electron chi connectivity index (χ1n) is 9.63. The average Bonchev–Trinajstić information content (AvgIpc) is 3.41. The summed E-state index contributed by atoms with van der Waals surface area (Å²) < 4.78 is 16.2. The standard InChI is InChI=1S/C24H21NO6/c1-29-16-10-11-18(19(13-16)30-2)21-20(22(26)15-7-4-3-5-8-15)23(27)24(28)25(21)14-17-9-6-12-31-17/h3-13,21,26H,14H2,1-2H3/b22-20+. The Labute approximate surface area is 179 Å². The molecule has 1 aliphatic rings. The SMILES string of the molecule is COc1ccc(C2/C(=C(\O)c3ccccc3)C(=O)C(=O)N2Cc2ccco2)c(OC)c1. The van der Waals surface area contributed by atoms with E-state index in [1.807, 2.05) is 0 Å². The molecule has 3 aromatic rings. The van der Waals surface area contributed by atoms with Gasteiger partial charge in [0, 0.05) is 17.2 Å². The van der Waals surface area contributed by atoms with Crippen LogP contribution in [0.2, 0.25) is 0 Å². The van der Waals surface area contributed by atoms with Crippen LogP contribution >= 0.6 is 0 Å². The molecule has 1 amide bonds. The lowest BCUT2D eigenvalue weighted by atomic mass is 9.94. The van der Waals surface area contributed by atoms with Crippen LogP contribution < -0.4 is 9.47 Å². The second-order valence-corrected chi connectivity index (χ2v) is 6.98. The van der Waals surface area contributed by atoms with Gasteiger partial charge in [0.05, 0.1) is 38.6 Å². The van der Waals surface area contributed by atoms with Crippen molar-refractivity contribution < 1.29 is 28.6 Å². The Balaban J connectivity index is 1.91. The minimum atomic E-state index is -0.869. The molecule has 7 heteroatoms. The molecule has 7 nitrogen and oxygen atoms in total. The van der Waals surface area contributed by atoms with Crippen molar-refractivity contribution in [2.45, 2.75) is 12.6 Å². The van der Waals surface area contributed by atoms with Gasteiger partial charge in [0.25, 0.3) is 11.7 Å². The maximum absolute atomic E-state index is 13.1. The number of carbonyl (C=O) groups excluding carboxylic acids is 2. The monoisotopic (exact) mass is 419 g/mol. The van der Waals surface area contributed by atoms with Crippen LogP contribution in [0.5, 0.6) is 11.5 Å². The highest BCUT2D eigenvalue weighted by molar-refractivity contribution is 6.46. The van der Waals surface area contributed by atoms with Crippen molar-refractivity contribution in [3.05, 3.63) is 89.4 Å². The minimum Gasteiger partial charge on any atom is -0.507 e. The van der Waals surface area contributed by atoms with E-state index in [0.717, 1.165) is 0 Å². The molecule has 158 valence electrons. The van der Waals surface area contributed by atoms with Crippen molar-refractivity contribution in [3.8, 4) is 11.5 Å². The van der Waals surface area contributed by atoms with Gasteiger partial charge in [0.2, 0.25) is 0 Å². The topological polar surface area (TPSA) is 89.2 Å². The van der Waals surface area contributed by atoms with Gasteiger partial charge >= 0.3 is 0 Å². The number of benzene rings is 2. The first-order valence-corrected chi connectivity index (χ1v) is 9.63. The van der Waals surface area contributed by atoms with Crippen LogP contribution in [-0.4, -0.2) is 35.9 Å². The zero-order valence-corrected chi connectivity index (χ0v) is 17.1. The van der Waals surface area contributed by atoms with Gasteiger partial charge in [-0.05, 0) is 24.3 Å². The summed E-state index contributed by atoms with van der Waals surface area (Å²) in [5, 5.41) is 11.0. The summed E-state index contributed by atoms with van der Waals surface area (Å²) in [5.41, 5.74) is 0.980. The highest BCUT2D eigenvalue weighted by atomic mass is 16.5. The van der Waals surface area contributed by atoms with Gasteiger partial charge in [0.15, 0.2) is 0 Å². The predicted octanol–water partition coefficient (Wildman–Crippen LogP) is 3.92. The third kappa shape index (κ3) is 3.66. The highest BCUT2D eigenvalue weighted by Gasteiger charge is 2.47. The summed E-state index contributed by atoms with van der Waals surface area (Å²) in [5.74, 6) is -0.239. The average molecular weight is 419 g/mol. The number of amides is 1. The van der Waals surface area contributed by atoms with Crippen LogP contribution in [0.3, 0.4) is 0 Å². The van der Waals surface area contributed by atoms with Gasteiger partial charge < -0.3 is 23.9 Å². The number of aliphatic hydroxyl groups is 1. The zero-order chi connectivity index (χ0) is 22.0. The van der Waals surface area contributed by atoms with E-state index in [1.165, 1.54) is 25.4 Å². The lowest BCUT2D eigenvalue weighted by Crippen LogP contribution is -2.29. The molecule has 2 aromatic carbocycles. The van der Waals surface area contributed by atoms with E-state index in [-0.39, 0.29) is 17.9 Å². The number of nitrogens with zero attached hydrogens (tertiary/aromatic N) is 1. The van der Waals surface area contributed by atoms with Crippen LogP contribution in [0, 0.1) is 0 Å². The highest BCUT2D eigenvalue weighted by Crippen LogP contribution is 2.44. The molecule has 1 atom stereocenters. The van der Waals surface area contributed by atoms with Gasteiger partial charge in [-0.15, -0.1) is 0 Å². The minimum absolute atomic E-state index is 0.00813. The zero-order valence-electron chi connectivity index (χ0n) is 17.1. The summed E-state index contributed by atoms with van der Waals surface area (Å²) in [7, 11) is 3.03. The van der Waals surface area contributed by atoms with Crippen molar-refractivity contribution in [1.29, 1.82) is 0 Å². The smallest absolute Gasteiger partial charge is 0.296 e. The Morgan fingerprint density at radius 1 is 1.03 bits per heavy atom. The number of hydrogen-bond acceptors (Lipinski definition) is 6. The fourth-order valence-corrected chi connectivity index (χ4v) is 3.73. The number of furan rings is 1. The van der Waals surface area contributed by atoms with Gasteiger partial charge in [-0.3, -0.25) is 9.59 Å². The lowest BCUT2D eigenvalue weighted by Gasteiger charge is -2.26. The molecule has 1 saturated heterocycles. The fourth-order valence-electron chi connectivity index (χ4n) is 3.73. The van der Waals surface area contributed by atoms with Crippen LogP contribution in [-0.2, 0) is 16.1 Å². The summed E-state index contributed by atoms with van der Waals surface area (Å²) in [6.45, 7) is 0.0585. The molecular formula is C24H21NO6. The molecule has 0 saturated carbocycles. The quantitative estimate of drug-likeness (QED) is 0.370. The third-order valence-corrected chi connectivity index (χ3v) is 5.23. The van der Waals surface area contributed by atoms with Crippen LogP contribution in [0.15, 0.2) is 76.9 Å². The van der Waals surface area contributed by atoms with E-state index < -0.39 is 17.7 Å². The lowest BCUT2D eigenvalue weighted by molar-refractivity contribution is -0.140. The molecule has 1 aromatic heterocycles. The van der Waals surface area contributed by atoms with E-state index in [9.17, 15) is 14.7 Å². The van der Waals surface area contributed by atoms with E-state index >= 15 is 0 Å². The molecule has 2 heterocycles. The number of likely N-dealkylation sites (tertiary alicyclic amines) is 1. The second-order valence-electron chi connectivity index (χ2n) is 6.98. The van der Waals surface area contributed by atoms with Gasteiger partial charge in [0.1, 0.15) is 23.0 Å². The first kappa shape index (κ1) is 20.3. The molecule has 0 aliphatic carbocycles. The Bertz CT molecular complexity index is 1130. The maximum atomic E-state index is 13.1. The van der Waals surface area contributed by atoms with E-state index in [0.29, 0.717) is 28.4 Å². The Morgan fingerprint density at radius 3 is 2.45 bits per heavy atom. The van der Waals surface area contributed by atoms with Gasteiger partial charge in [-0.2, -0.15) is 0 Å². The fraction of sp³-hybridized carbons (Fsp3) is 0.167. The number of methoxy groups -OCH3 is 2. The van der Waals surface area contributed by atoms with Crippen molar-refractivity contribution in [1.82, 2.24) is 4.90 Å². The second kappa shape index (κ2) is 8.39. The Morgan fingerprint density at radius 2 is 1.81 bits per heavy atom. The molecule has 0 bridgehead atoms. The summed E-state index contributed by atoms with van der Waals surface area (Å²) in [6.07, 6.45) is 1.50. The molecule has 1 unspecified atom stereocenters. The van der Waals surface area contributed by atoms with Gasteiger partial charge in [-0.25, -0.2) is 0 Å². The summed E-state index contributed by atoms with van der Waals surface area (Å²) in [4.78, 5) is 27.4. The molecule has 1 fully saturated rings. The van der Waals surface area contributed by atoms with Crippen molar-refractivity contribution in [2.24, 2.45) is 0 Å². The van der Waals surface area contributed by atoms with Gasteiger partial charge in [-0.1, -0.05) is 30.3 Å². The molecule has 4 rings (SSSR count). The number of Topliss-reactive ketones (excluding diaryl/α,β-unsaturated/α-hetero) is 1. The number of aliphatic hydroxyl groups excluding tert-OH is 1. The van der Waals surface area contributed by atoms with Crippen LogP contribution in [0.1, 0.15) is 22.9 Å². The number of rotatable bonds is 6. The molecule has 0 radical (unpaired) electrons. The summed E-state index contributed by atoms with van der Waals surface area (Å²) >= 11 is 0. The maximum Gasteiger partial charge on any atom is 0.296 e. The Kier molecular flexibility index (Phi) is 5.49. The first-order chi connectivity index (χ1) is 15.0. The van der Waals surface area contributed by atoms with E-state index in [4.69, 9.17) is 13.9 Å². The van der Waals surface area contributed by atoms with Crippen LogP contribution in [0.4, 0.5) is 0 Å². The van der Waals surface area contributed by atoms with Crippen molar-refractivity contribution in [2.75, 3.05) is 14.2 Å². The number of hydrogen-bond donors (Lipinski definition) is 1. The molecule has 31 heavy (non-hydrogen) atoms. The normalized spacial score (nSPS) is 17.7. The summed E-state index contributed by atoms with van der Waals surface area (Å²) in [6, 6.07) is 16.3. The molecule has 1 N–H and O–H groups in total. The van der Waals surface area contributed by atoms with Crippen molar-refractivity contribution >= 4 is 17.4 Å². The Hall–Kier alpha value is -4.00. The largest absolute Gasteiger partial charge is 0.507 e. The number of ether oxygens (including phenoxy) is 2. The number of carbonyl (C=O) groups is 2. The van der Waals surface area contributed by atoms with E-state index in [1.54, 1.807) is 60.7 Å². The molecule has 1 aliphatic heterocycles. The third-order valence-electron chi connectivity index (χ3n) is 5.23. The number of ketones is 1. The van der Waals surface area contributed by atoms with Crippen molar-refractivity contribution in [3.63, 3.8) is 0 Å². The molecular weight excluding hydrogens is 398 g/mol.